The first-order chi connectivity index (χ1) is 16.1. The van der Waals surface area contributed by atoms with Gasteiger partial charge in [0.1, 0.15) is 11.9 Å². The van der Waals surface area contributed by atoms with Crippen LogP contribution in [0.3, 0.4) is 0 Å². The lowest BCUT2D eigenvalue weighted by molar-refractivity contribution is -0.122. The average molecular weight is 445 g/mol. The number of hydrogen-bond acceptors (Lipinski definition) is 3. The molecule has 0 spiro atoms. The molecule has 3 aromatic carbocycles. The smallest absolute Gasteiger partial charge is 0.324 e. The Hall–Kier alpha value is -3.71. The number of carbonyl (C=O) groups excluding carboxylic acids is 1. The first kappa shape index (κ1) is 21.2. The Kier molecular flexibility index (Phi) is 5.79. The quantitative estimate of drug-likeness (QED) is 0.477. The topological polar surface area (TPSA) is 70.1 Å². The molecular formula is C26H25FN4O2. The Morgan fingerprint density at radius 1 is 0.939 bits per heavy atom. The highest BCUT2D eigenvalue weighted by molar-refractivity contribution is 5.95. The van der Waals surface area contributed by atoms with Crippen molar-refractivity contribution in [1.29, 1.82) is 0 Å². The second-order valence-electron chi connectivity index (χ2n) is 8.39. The molecule has 6 nitrogen and oxygen atoms in total. The number of rotatable bonds is 5. The molecular weight excluding hydrogens is 419 g/mol. The molecule has 0 saturated carbocycles. The van der Waals surface area contributed by atoms with E-state index in [9.17, 15) is 14.0 Å². The molecule has 1 aromatic heterocycles. The fourth-order valence-electron chi connectivity index (χ4n) is 4.75. The molecule has 1 aliphatic rings. The highest BCUT2D eigenvalue weighted by Crippen LogP contribution is 2.31. The van der Waals surface area contributed by atoms with Gasteiger partial charge in [-0.3, -0.25) is 14.3 Å². The van der Waals surface area contributed by atoms with Crippen LogP contribution in [0.5, 0.6) is 0 Å². The minimum absolute atomic E-state index is 0.0708. The summed E-state index contributed by atoms with van der Waals surface area (Å²) in [5.41, 5.74) is 3.12. The van der Waals surface area contributed by atoms with Crippen molar-refractivity contribution in [3.8, 4) is 0 Å². The Morgan fingerprint density at radius 2 is 1.61 bits per heavy atom. The van der Waals surface area contributed by atoms with Gasteiger partial charge in [0.05, 0.1) is 11.0 Å². The van der Waals surface area contributed by atoms with Crippen LogP contribution in [0.2, 0.25) is 0 Å². The van der Waals surface area contributed by atoms with Crippen LogP contribution < -0.4 is 11.0 Å². The number of para-hydroxylation sites is 2. The summed E-state index contributed by atoms with van der Waals surface area (Å²) >= 11 is 0. The summed E-state index contributed by atoms with van der Waals surface area (Å²) in [5, 5.41) is 2.93. The van der Waals surface area contributed by atoms with Crippen LogP contribution in [0.25, 0.3) is 11.0 Å². The van der Waals surface area contributed by atoms with Crippen molar-refractivity contribution >= 4 is 22.6 Å². The van der Waals surface area contributed by atoms with Crippen molar-refractivity contribution in [3.05, 3.63) is 101 Å². The monoisotopic (exact) mass is 444 g/mol. The van der Waals surface area contributed by atoms with Crippen molar-refractivity contribution in [1.82, 2.24) is 14.5 Å². The average Bonchev–Trinajstić information content (AvgIpc) is 3.17. The summed E-state index contributed by atoms with van der Waals surface area (Å²) in [6, 6.07) is 22.8. The lowest BCUT2D eigenvalue weighted by Crippen LogP contribution is -2.43. The SMILES string of the molecule is O=C(Nc1ccc(F)cc1)[C@H](c1ccccc1)N1CCC(n2c(=O)[nH]c3ccccc32)CC1. The van der Waals surface area contributed by atoms with Gasteiger partial charge in [0.2, 0.25) is 5.91 Å². The van der Waals surface area contributed by atoms with Gasteiger partial charge in [0.15, 0.2) is 0 Å². The lowest BCUT2D eigenvalue weighted by atomic mass is 9.98. The van der Waals surface area contributed by atoms with E-state index in [1.54, 1.807) is 12.1 Å². The molecule has 7 heteroatoms. The number of imidazole rings is 1. The fraction of sp³-hybridized carbons (Fsp3) is 0.231. The van der Waals surface area contributed by atoms with Gasteiger partial charge in [-0.25, -0.2) is 9.18 Å². The minimum atomic E-state index is -0.475. The summed E-state index contributed by atoms with van der Waals surface area (Å²) in [7, 11) is 0. The van der Waals surface area contributed by atoms with E-state index >= 15 is 0 Å². The van der Waals surface area contributed by atoms with Crippen LogP contribution in [0.15, 0.2) is 83.7 Å². The van der Waals surface area contributed by atoms with Crippen LogP contribution in [0, 0.1) is 5.82 Å². The lowest BCUT2D eigenvalue weighted by Gasteiger charge is -2.37. The van der Waals surface area contributed by atoms with Gasteiger partial charge in [0.25, 0.3) is 0 Å². The molecule has 1 fully saturated rings. The van der Waals surface area contributed by atoms with Crippen LogP contribution in [-0.4, -0.2) is 33.4 Å². The number of anilines is 1. The number of aromatic nitrogens is 2. The first-order valence-corrected chi connectivity index (χ1v) is 11.1. The zero-order chi connectivity index (χ0) is 22.8. The maximum atomic E-state index is 13.3. The molecule has 0 bridgehead atoms. The summed E-state index contributed by atoms with van der Waals surface area (Å²) in [6.45, 7) is 1.35. The van der Waals surface area contributed by atoms with Gasteiger partial charge in [-0.1, -0.05) is 42.5 Å². The number of likely N-dealkylation sites (tertiary alicyclic amines) is 1. The zero-order valence-corrected chi connectivity index (χ0v) is 18.1. The molecule has 2 heterocycles. The van der Waals surface area contributed by atoms with E-state index in [1.807, 2.05) is 59.2 Å². The summed E-state index contributed by atoms with van der Waals surface area (Å²) in [5.74, 6) is -0.502. The van der Waals surface area contributed by atoms with Gasteiger partial charge in [0, 0.05) is 24.8 Å². The van der Waals surface area contributed by atoms with E-state index in [0.29, 0.717) is 18.8 Å². The third-order valence-electron chi connectivity index (χ3n) is 6.33. The van der Waals surface area contributed by atoms with Crippen LogP contribution >= 0.6 is 0 Å². The van der Waals surface area contributed by atoms with Crippen molar-refractivity contribution in [2.24, 2.45) is 0 Å². The normalized spacial score (nSPS) is 16.0. The third-order valence-corrected chi connectivity index (χ3v) is 6.33. The number of nitrogens with one attached hydrogen (secondary N) is 2. The highest BCUT2D eigenvalue weighted by atomic mass is 19.1. The fourth-order valence-corrected chi connectivity index (χ4v) is 4.75. The van der Waals surface area contributed by atoms with Gasteiger partial charge < -0.3 is 10.3 Å². The molecule has 33 heavy (non-hydrogen) atoms. The zero-order valence-electron chi connectivity index (χ0n) is 18.1. The number of fused-ring (bicyclic) bond motifs is 1. The highest BCUT2D eigenvalue weighted by Gasteiger charge is 2.32. The molecule has 1 atom stereocenters. The number of hydrogen-bond donors (Lipinski definition) is 2. The van der Waals surface area contributed by atoms with Crippen LogP contribution in [0.4, 0.5) is 10.1 Å². The van der Waals surface area contributed by atoms with Gasteiger partial charge in [-0.2, -0.15) is 0 Å². The molecule has 168 valence electrons. The number of nitrogens with zero attached hydrogens (tertiary/aromatic N) is 2. The first-order valence-electron chi connectivity index (χ1n) is 11.1. The molecule has 0 aliphatic carbocycles. The van der Waals surface area contributed by atoms with Crippen molar-refractivity contribution in [3.63, 3.8) is 0 Å². The standard InChI is InChI=1S/C26H25FN4O2/c27-19-10-12-20(13-11-19)28-25(32)24(18-6-2-1-3-7-18)30-16-14-21(15-17-30)31-23-9-5-4-8-22(23)29-26(31)33/h1-13,21,24H,14-17H2,(H,28,32)(H,29,33)/t24-/m0/s1. The van der Waals surface area contributed by atoms with E-state index in [4.69, 9.17) is 0 Å². The second-order valence-corrected chi connectivity index (χ2v) is 8.39. The number of amides is 1. The van der Waals surface area contributed by atoms with Gasteiger partial charge in [-0.05, 0) is 54.8 Å². The van der Waals surface area contributed by atoms with Crippen molar-refractivity contribution in [2.75, 3.05) is 18.4 Å². The number of benzene rings is 3. The Balaban J connectivity index is 1.37. The number of piperidine rings is 1. The number of H-pyrrole nitrogens is 1. The van der Waals surface area contributed by atoms with E-state index in [2.05, 4.69) is 15.2 Å². The Labute approximate surface area is 190 Å². The molecule has 4 aromatic rings. The molecule has 1 amide bonds. The van der Waals surface area contributed by atoms with E-state index in [0.717, 1.165) is 29.4 Å². The predicted octanol–water partition coefficient (Wildman–Crippen LogP) is 4.49. The van der Waals surface area contributed by atoms with E-state index in [1.165, 1.54) is 12.1 Å². The number of aromatic amines is 1. The molecule has 1 saturated heterocycles. The molecule has 5 rings (SSSR count). The second kappa shape index (κ2) is 9.03. The van der Waals surface area contributed by atoms with Gasteiger partial charge in [-0.15, -0.1) is 0 Å². The largest absolute Gasteiger partial charge is 0.326 e. The maximum Gasteiger partial charge on any atom is 0.326 e. The molecule has 2 N–H and O–H groups in total. The molecule has 1 aliphatic heterocycles. The Morgan fingerprint density at radius 3 is 2.33 bits per heavy atom. The van der Waals surface area contributed by atoms with E-state index in [-0.39, 0.29) is 23.5 Å². The van der Waals surface area contributed by atoms with E-state index < -0.39 is 6.04 Å². The molecule has 0 unspecified atom stereocenters. The summed E-state index contributed by atoms with van der Waals surface area (Å²) < 4.78 is 15.1. The summed E-state index contributed by atoms with van der Waals surface area (Å²) in [6.07, 6.45) is 1.52. The summed E-state index contributed by atoms with van der Waals surface area (Å²) in [4.78, 5) is 31.0. The Bertz CT molecular complexity index is 1310. The third kappa shape index (κ3) is 4.32. The minimum Gasteiger partial charge on any atom is -0.324 e. The van der Waals surface area contributed by atoms with Crippen LogP contribution in [-0.2, 0) is 4.79 Å². The van der Waals surface area contributed by atoms with Crippen molar-refractivity contribution < 1.29 is 9.18 Å². The maximum absolute atomic E-state index is 13.3. The van der Waals surface area contributed by atoms with Crippen LogP contribution in [0.1, 0.15) is 30.5 Å². The number of carbonyl (C=O) groups is 1. The molecule has 0 radical (unpaired) electrons. The number of halogens is 1. The van der Waals surface area contributed by atoms with Gasteiger partial charge >= 0.3 is 5.69 Å². The van der Waals surface area contributed by atoms with Crippen molar-refractivity contribution in [2.45, 2.75) is 24.9 Å². The predicted molar refractivity (Wildman–Crippen MR) is 127 cm³/mol.